The van der Waals surface area contributed by atoms with Gasteiger partial charge in [-0.2, -0.15) is 0 Å². The fourth-order valence-electron chi connectivity index (χ4n) is 1.55. The molecular formula is C12H27N3O3. The Hall–Kier alpha value is -0.690. The van der Waals surface area contributed by atoms with Crippen molar-refractivity contribution < 1.29 is 14.3 Å². The number of ether oxygens (including phenoxy) is 2. The van der Waals surface area contributed by atoms with Gasteiger partial charge in [0.1, 0.15) is 0 Å². The molecule has 1 amide bonds. The highest BCUT2D eigenvalue weighted by molar-refractivity contribution is 5.75. The average Bonchev–Trinajstić information content (AvgIpc) is 2.38. The van der Waals surface area contributed by atoms with Gasteiger partial charge in [0.2, 0.25) is 5.91 Å². The van der Waals surface area contributed by atoms with E-state index in [9.17, 15) is 4.79 Å². The van der Waals surface area contributed by atoms with Crippen molar-refractivity contribution in [3.05, 3.63) is 0 Å². The number of nitrogens with two attached hydrogens (primary N) is 1. The Morgan fingerprint density at radius 2 is 1.67 bits per heavy atom. The molecule has 0 radical (unpaired) electrons. The first kappa shape index (κ1) is 17.3. The van der Waals surface area contributed by atoms with Gasteiger partial charge in [-0.15, -0.1) is 0 Å². The largest absolute Gasteiger partial charge is 0.380 e. The van der Waals surface area contributed by atoms with Crippen LogP contribution in [0, 0.1) is 0 Å². The molecule has 6 nitrogen and oxygen atoms in total. The van der Waals surface area contributed by atoms with E-state index in [1.807, 2.05) is 13.8 Å². The van der Waals surface area contributed by atoms with Crippen LogP contribution in [0.15, 0.2) is 0 Å². The molecule has 0 aliphatic carbocycles. The van der Waals surface area contributed by atoms with Crippen molar-refractivity contribution in [2.24, 2.45) is 5.84 Å². The standard InChI is InChI=1S/C12H27N3O3/c1-3-17-10-8-15(9-11-18-4-2)7-5-6-12(16)14-13/h3-11,13H2,1-2H3,(H,14,16). The lowest BCUT2D eigenvalue weighted by molar-refractivity contribution is -0.121. The maximum absolute atomic E-state index is 11.0. The smallest absolute Gasteiger partial charge is 0.233 e. The summed E-state index contributed by atoms with van der Waals surface area (Å²) in [5.74, 6) is 4.91. The minimum absolute atomic E-state index is 0.121. The molecule has 0 unspecified atom stereocenters. The van der Waals surface area contributed by atoms with E-state index in [1.54, 1.807) is 0 Å². The van der Waals surface area contributed by atoms with Gasteiger partial charge in [0.25, 0.3) is 0 Å². The second-order valence-corrected chi connectivity index (χ2v) is 3.91. The summed E-state index contributed by atoms with van der Waals surface area (Å²) < 4.78 is 10.7. The second kappa shape index (κ2) is 12.8. The summed E-state index contributed by atoms with van der Waals surface area (Å²) in [6.07, 6.45) is 1.25. The number of amides is 1. The minimum atomic E-state index is -0.121. The van der Waals surface area contributed by atoms with Crippen molar-refractivity contribution in [2.45, 2.75) is 26.7 Å². The highest BCUT2D eigenvalue weighted by atomic mass is 16.5. The van der Waals surface area contributed by atoms with Crippen LogP contribution < -0.4 is 11.3 Å². The number of hydrazine groups is 1. The highest BCUT2D eigenvalue weighted by Crippen LogP contribution is 1.96. The summed E-state index contributed by atoms with van der Waals surface area (Å²) in [6, 6.07) is 0. The van der Waals surface area contributed by atoms with Crippen LogP contribution in [0.1, 0.15) is 26.7 Å². The van der Waals surface area contributed by atoms with E-state index in [-0.39, 0.29) is 5.91 Å². The van der Waals surface area contributed by atoms with Crippen molar-refractivity contribution in [1.82, 2.24) is 10.3 Å². The van der Waals surface area contributed by atoms with Gasteiger partial charge < -0.3 is 9.47 Å². The van der Waals surface area contributed by atoms with E-state index in [4.69, 9.17) is 15.3 Å². The quantitative estimate of drug-likeness (QED) is 0.226. The first-order chi connectivity index (χ1) is 8.74. The second-order valence-electron chi connectivity index (χ2n) is 3.91. The van der Waals surface area contributed by atoms with E-state index < -0.39 is 0 Å². The van der Waals surface area contributed by atoms with E-state index in [0.29, 0.717) is 19.6 Å². The van der Waals surface area contributed by atoms with Crippen molar-refractivity contribution in [3.8, 4) is 0 Å². The van der Waals surface area contributed by atoms with Gasteiger partial charge in [-0.3, -0.25) is 15.1 Å². The fourth-order valence-corrected chi connectivity index (χ4v) is 1.55. The van der Waals surface area contributed by atoms with Gasteiger partial charge in [0.15, 0.2) is 0 Å². The van der Waals surface area contributed by atoms with Gasteiger partial charge in [-0.1, -0.05) is 0 Å². The van der Waals surface area contributed by atoms with Crippen LogP contribution >= 0.6 is 0 Å². The summed E-state index contributed by atoms with van der Waals surface area (Å²) in [7, 11) is 0. The van der Waals surface area contributed by atoms with Crippen molar-refractivity contribution in [2.75, 3.05) is 46.1 Å². The number of rotatable bonds is 12. The molecule has 0 fully saturated rings. The zero-order chi connectivity index (χ0) is 13.6. The third-order valence-electron chi connectivity index (χ3n) is 2.55. The topological polar surface area (TPSA) is 76.8 Å². The lowest BCUT2D eigenvalue weighted by Crippen LogP contribution is -2.34. The molecule has 0 bridgehead atoms. The average molecular weight is 261 g/mol. The molecule has 0 aliphatic heterocycles. The van der Waals surface area contributed by atoms with Crippen LogP contribution in [0.25, 0.3) is 0 Å². The van der Waals surface area contributed by atoms with Crippen molar-refractivity contribution >= 4 is 5.91 Å². The zero-order valence-electron chi connectivity index (χ0n) is 11.6. The van der Waals surface area contributed by atoms with E-state index in [2.05, 4.69) is 10.3 Å². The predicted molar refractivity (Wildman–Crippen MR) is 71.0 cm³/mol. The molecule has 3 N–H and O–H groups in total. The monoisotopic (exact) mass is 261 g/mol. The Morgan fingerprint density at radius 1 is 1.11 bits per heavy atom. The molecule has 18 heavy (non-hydrogen) atoms. The van der Waals surface area contributed by atoms with E-state index in [0.717, 1.165) is 39.3 Å². The molecule has 6 heteroatoms. The first-order valence-electron chi connectivity index (χ1n) is 6.61. The molecule has 108 valence electrons. The lowest BCUT2D eigenvalue weighted by atomic mass is 10.3. The summed E-state index contributed by atoms with van der Waals surface area (Å²) in [5, 5.41) is 0. The number of nitrogens with one attached hydrogen (secondary N) is 1. The Morgan fingerprint density at radius 3 is 2.11 bits per heavy atom. The van der Waals surface area contributed by atoms with Crippen LogP contribution in [0.4, 0.5) is 0 Å². The maximum Gasteiger partial charge on any atom is 0.233 e. The van der Waals surface area contributed by atoms with Gasteiger partial charge in [0.05, 0.1) is 13.2 Å². The molecule has 0 saturated carbocycles. The summed E-state index contributed by atoms with van der Waals surface area (Å²) in [5.41, 5.74) is 2.14. The molecule has 0 aromatic rings. The third kappa shape index (κ3) is 10.5. The van der Waals surface area contributed by atoms with E-state index in [1.165, 1.54) is 0 Å². The lowest BCUT2D eigenvalue weighted by Gasteiger charge is -2.21. The van der Waals surface area contributed by atoms with Gasteiger partial charge in [-0.05, 0) is 26.8 Å². The molecule has 0 saturated heterocycles. The number of hydrogen-bond acceptors (Lipinski definition) is 5. The molecule has 0 spiro atoms. The number of carbonyl (C=O) groups is 1. The zero-order valence-corrected chi connectivity index (χ0v) is 11.6. The fraction of sp³-hybridized carbons (Fsp3) is 0.917. The summed E-state index contributed by atoms with van der Waals surface area (Å²) >= 11 is 0. The predicted octanol–water partition coefficient (Wildman–Crippen LogP) is 0.132. The van der Waals surface area contributed by atoms with Crippen LogP contribution in [0.3, 0.4) is 0 Å². The Kier molecular flexibility index (Phi) is 12.3. The van der Waals surface area contributed by atoms with Gasteiger partial charge >= 0.3 is 0 Å². The molecule has 0 rings (SSSR count). The van der Waals surface area contributed by atoms with Gasteiger partial charge in [0, 0.05) is 32.7 Å². The van der Waals surface area contributed by atoms with Crippen LogP contribution in [-0.4, -0.2) is 56.9 Å². The van der Waals surface area contributed by atoms with Gasteiger partial charge in [-0.25, -0.2) is 5.84 Å². The molecule has 0 atom stereocenters. The third-order valence-corrected chi connectivity index (χ3v) is 2.55. The van der Waals surface area contributed by atoms with Crippen LogP contribution in [0.2, 0.25) is 0 Å². The summed E-state index contributed by atoms with van der Waals surface area (Å²) in [6.45, 7) is 9.44. The molecule has 0 aromatic carbocycles. The number of hydrogen-bond donors (Lipinski definition) is 2. The Bertz CT molecular complexity index is 193. The Balaban J connectivity index is 3.76. The van der Waals surface area contributed by atoms with E-state index >= 15 is 0 Å². The SMILES string of the molecule is CCOCCN(CCCC(=O)NN)CCOCC. The molecule has 0 aliphatic rings. The first-order valence-corrected chi connectivity index (χ1v) is 6.61. The molecular weight excluding hydrogens is 234 g/mol. The van der Waals surface area contributed by atoms with Crippen molar-refractivity contribution in [1.29, 1.82) is 0 Å². The molecule has 0 aromatic heterocycles. The van der Waals surface area contributed by atoms with Crippen LogP contribution in [0.5, 0.6) is 0 Å². The summed E-state index contributed by atoms with van der Waals surface area (Å²) in [4.78, 5) is 13.3. The maximum atomic E-state index is 11.0. The molecule has 0 heterocycles. The Labute approximate surface area is 110 Å². The number of carbonyl (C=O) groups excluding carboxylic acids is 1. The highest BCUT2D eigenvalue weighted by Gasteiger charge is 2.06. The number of nitrogens with zero attached hydrogens (tertiary/aromatic N) is 1. The van der Waals surface area contributed by atoms with Crippen LogP contribution in [-0.2, 0) is 14.3 Å². The normalized spacial score (nSPS) is 10.9. The minimum Gasteiger partial charge on any atom is -0.380 e. The van der Waals surface area contributed by atoms with Crippen molar-refractivity contribution in [3.63, 3.8) is 0 Å².